The Balaban J connectivity index is 2.77. The zero-order valence-corrected chi connectivity index (χ0v) is 11.1. The first kappa shape index (κ1) is 12.4. The van der Waals surface area contributed by atoms with Crippen molar-refractivity contribution in [3.05, 3.63) is 34.4 Å². The fourth-order valence-corrected chi connectivity index (χ4v) is 2.41. The highest BCUT2D eigenvalue weighted by atomic mass is 16.1. The second kappa shape index (κ2) is 4.29. The molecule has 0 spiro atoms. The van der Waals surface area contributed by atoms with Crippen LogP contribution in [0.3, 0.4) is 0 Å². The van der Waals surface area contributed by atoms with Crippen molar-refractivity contribution in [3.63, 3.8) is 0 Å². The van der Waals surface area contributed by atoms with Gasteiger partial charge >= 0.3 is 0 Å². The highest BCUT2D eigenvalue weighted by Crippen LogP contribution is 2.31. The summed E-state index contributed by atoms with van der Waals surface area (Å²) < 4.78 is 1.54. The molecule has 1 aromatic carbocycles. The fourth-order valence-electron chi connectivity index (χ4n) is 2.41. The number of nitrogens with two attached hydrogens (primary N) is 1. The van der Waals surface area contributed by atoms with Crippen LogP contribution in [0.15, 0.2) is 12.1 Å². The van der Waals surface area contributed by atoms with Crippen LogP contribution in [-0.4, -0.2) is 16.1 Å². The van der Waals surface area contributed by atoms with Crippen LogP contribution in [-0.2, 0) is 7.05 Å². The van der Waals surface area contributed by atoms with Crippen LogP contribution < -0.4 is 5.73 Å². The van der Waals surface area contributed by atoms with Gasteiger partial charge < -0.3 is 5.73 Å². The number of hydrogen-bond donors (Lipinski definition) is 1. The maximum absolute atomic E-state index is 11.2. The number of aromatic nitrogens is 2. The second-order valence-corrected chi connectivity index (χ2v) is 4.66. The molecule has 2 rings (SSSR count). The normalized spacial score (nSPS) is 10.7. The molecule has 0 atom stereocenters. The Morgan fingerprint density at radius 3 is 2.28 bits per heavy atom. The number of carbonyl (C=O) groups is 1. The van der Waals surface area contributed by atoms with Gasteiger partial charge in [-0.25, -0.2) is 0 Å². The molecule has 1 aromatic heterocycles. The van der Waals surface area contributed by atoms with Gasteiger partial charge in [-0.15, -0.1) is 0 Å². The summed E-state index contributed by atoms with van der Waals surface area (Å²) in [6.07, 6.45) is 0.774. The van der Waals surface area contributed by atoms with E-state index in [1.54, 1.807) is 7.05 Å². The summed E-state index contributed by atoms with van der Waals surface area (Å²) in [5, 5.41) is 4.36. The Hall–Kier alpha value is -2.10. The van der Waals surface area contributed by atoms with Crippen LogP contribution >= 0.6 is 0 Å². The van der Waals surface area contributed by atoms with Gasteiger partial charge in [0.05, 0.1) is 5.56 Å². The van der Waals surface area contributed by atoms with Crippen molar-refractivity contribution in [3.8, 4) is 11.3 Å². The van der Waals surface area contributed by atoms with Gasteiger partial charge in [0, 0.05) is 12.6 Å². The highest BCUT2D eigenvalue weighted by Gasteiger charge is 2.18. The van der Waals surface area contributed by atoms with Crippen molar-refractivity contribution in [2.45, 2.75) is 20.8 Å². The molecule has 1 heterocycles. The van der Waals surface area contributed by atoms with E-state index in [1.807, 2.05) is 13.8 Å². The number of nitrogens with zero attached hydrogens (tertiary/aromatic N) is 2. The third-order valence-corrected chi connectivity index (χ3v) is 3.16. The SMILES string of the molecule is Cc1cc(C)c(-c2nn(C)c(N)c2C=O)c(C)c1. The second-order valence-electron chi connectivity index (χ2n) is 4.66. The van der Waals surface area contributed by atoms with Gasteiger partial charge in [0.25, 0.3) is 0 Å². The van der Waals surface area contributed by atoms with E-state index < -0.39 is 0 Å². The number of nitrogen functional groups attached to an aromatic ring is 1. The third-order valence-electron chi connectivity index (χ3n) is 3.16. The van der Waals surface area contributed by atoms with Crippen molar-refractivity contribution in [1.29, 1.82) is 0 Å². The Morgan fingerprint density at radius 1 is 1.22 bits per heavy atom. The zero-order valence-electron chi connectivity index (χ0n) is 11.1. The number of aryl methyl sites for hydroxylation is 4. The van der Waals surface area contributed by atoms with E-state index in [0.29, 0.717) is 17.1 Å². The Morgan fingerprint density at radius 2 is 1.78 bits per heavy atom. The maximum Gasteiger partial charge on any atom is 0.156 e. The van der Waals surface area contributed by atoms with E-state index >= 15 is 0 Å². The molecule has 2 N–H and O–H groups in total. The number of aldehydes is 1. The minimum atomic E-state index is 0.402. The molecule has 4 heteroatoms. The minimum Gasteiger partial charge on any atom is -0.383 e. The van der Waals surface area contributed by atoms with Crippen LogP contribution in [0.1, 0.15) is 27.0 Å². The highest BCUT2D eigenvalue weighted by molar-refractivity contribution is 5.92. The standard InChI is InChI=1S/C14H17N3O/c1-8-5-9(2)12(10(3)6-8)13-11(7-18)14(15)17(4)16-13/h5-7H,15H2,1-4H3. The van der Waals surface area contributed by atoms with Crippen LogP contribution in [0.25, 0.3) is 11.3 Å². The lowest BCUT2D eigenvalue weighted by Crippen LogP contribution is -1.98. The molecule has 0 bridgehead atoms. The van der Waals surface area contributed by atoms with Crippen molar-refractivity contribution in [1.82, 2.24) is 9.78 Å². The van der Waals surface area contributed by atoms with Crippen LogP contribution in [0, 0.1) is 20.8 Å². The van der Waals surface area contributed by atoms with E-state index in [2.05, 4.69) is 24.2 Å². The molecule has 0 aliphatic heterocycles. The Kier molecular flexibility index (Phi) is 2.95. The van der Waals surface area contributed by atoms with E-state index in [9.17, 15) is 4.79 Å². The van der Waals surface area contributed by atoms with Crippen LogP contribution in [0.2, 0.25) is 0 Å². The van der Waals surface area contributed by atoms with E-state index in [4.69, 9.17) is 5.73 Å². The summed E-state index contributed by atoms with van der Waals surface area (Å²) in [6, 6.07) is 4.17. The monoisotopic (exact) mass is 243 g/mol. The molecule has 0 unspecified atom stereocenters. The fraction of sp³-hybridized carbons (Fsp3) is 0.286. The van der Waals surface area contributed by atoms with E-state index in [1.165, 1.54) is 10.2 Å². The predicted octanol–water partition coefficient (Wildman–Crippen LogP) is 2.41. The predicted molar refractivity (Wildman–Crippen MR) is 72.7 cm³/mol. The zero-order chi connectivity index (χ0) is 13.4. The average molecular weight is 243 g/mol. The average Bonchev–Trinajstić information content (AvgIpc) is 2.53. The first-order valence-corrected chi connectivity index (χ1v) is 5.81. The Bertz CT molecular complexity index is 603. The summed E-state index contributed by atoms with van der Waals surface area (Å²) in [5.74, 6) is 0.402. The number of benzene rings is 1. The molecule has 94 valence electrons. The quantitative estimate of drug-likeness (QED) is 0.824. The summed E-state index contributed by atoms with van der Waals surface area (Å²) in [6.45, 7) is 6.10. The molecule has 0 aliphatic carbocycles. The van der Waals surface area contributed by atoms with Gasteiger partial charge in [0.15, 0.2) is 6.29 Å². The number of anilines is 1. The smallest absolute Gasteiger partial charge is 0.156 e. The van der Waals surface area contributed by atoms with E-state index in [0.717, 1.165) is 23.0 Å². The van der Waals surface area contributed by atoms with Gasteiger partial charge in [0.2, 0.25) is 0 Å². The molecule has 4 nitrogen and oxygen atoms in total. The maximum atomic E-state index is 11.2. The number of rotatable bonds is 2. The number of hydrogen-bond acceptors (Lipinski definition) is 3. The van der Waals surface area contributed by atoms with Gasteiger partial charge in [0.1, 0.15) is 11.5 Å². The molecular formula is C14H17N3O. The molecule has 0 saturated heterocycles. The van der Waals surface area contributed by atoms with Crippen LogP contribution in [0.5, 0.6) is 0 Å². The Labute approximate surface area is 106 Å². The minimum absolute atomic E-state index is 0.402. The lowest BCUT2D eigenvalue weighted by atomic mass is 9.95. The van der Waals surface area contributed by atoms with Gasteiger partial charge in [-0.2, -0.15) is 5.10 Å². The largest absolute Gasteiger partial charge is 0.383 e. The summed E-state index contributed by atoms with van der Waals surface area (Å²) in [7, 11) is 1.74. The lowest BCUT2D eigenvalue weighted by Gasteiger charge is -2.09. The summed E-state index contributed by atoms with van der Waals surface area (Å²) in [4.78, 5) is 11.2. The molecular weight excluding hydrogens is 226 g/mol. The molecule has 0 aliphatic rings. The number of carbonyl (C=O) groups excluding carboxylic acids is 1. The topological polar surface area (TPSA) is 60.9 Å². The molecule has 0 saturated carbocycles. The summed E-state index contributed by atoms with van der Waals surface area (Å²) >= 11 is 0. The molecule has 0 amide bonds. The first-order chi connectivity index (χ1) is 8.45. The first-order valence-electron chi connectivity index (χ1n) is 5.81. The van der Waals surface area contributed by atoms with Gasteiger partial charge in [-0.3, -0.25) is 9.48 Å². The molecule has 0 radical (unpaired) electrons. The third kappa shape index (κ3) is 1.79. The lowest BCUT2D eigenvalue weighted by molar-refractivity contribution is 0.112. The van der Waals surface area contributed by atoms with Crippen molar-refractivity contribution >= 4 is 12.1 Å². The molecule has 0 fully saturated rings. The summed E-state index contributed by atoms with van der Waals surface area (Å²) in [5.41, 5.74) is 11.4. The van der Waals surface area contributed by atoms with E-state index in [-0.39, 0.29) is 0 Å². The molecule has 2 aromatic rings. The van der Waals surface area contributed by atoms with Crippen molar-refractivity contribution in [2.75, 3.05) is 5.73 Å². The van der Waals surface area contributed by atoms with Gasteiger partial charge in [-0.1, -0.05) is 17.7 Å². The molecule has 18 heavy (non-hydrogen) atoms. The van der Waals surface area contributed by atoms with Crippen molar-refractivity contribution in [2.24, 2.45) is 7.05 Å². The van der Waals surface area contributed by atoms with Gasteiger partial charge in [-0.05, 0) is 31.9 Å². The van der Waals surface area contributed by atoms with Crippen LogP contribution in [0.4, 0.5) is 5.82 Å². The van der Waals surface area contributed by atoms with Crippen molar-refractivity contribution < 1.29 is 4.79 Å².